The topological polar surface area (TPSA) is 51.1 Å². The molecule has 6 rings (SSSR count). The number of hydrogen-bond donors (Lipinski definition) is 2. The highest BCUT2D eigenvalue weighted by Gasteiger charge is 2.52. The Morgan fingerprint density at radius 2 is 1.82 bits per heavy atom. The van der Waals surface area contributed by atoms with Gasteiger partial charge < -0.3 is 15.4 Å². The molecular formula is C21H25ClN4OS. The van der Waals surface area contributed by atoms with E-state index in [4.69, 9.17) is 33.7 Å². The largest absolute Gasteiger partial charge is 0.495 e. The van der Waals surface area contributed by atoms with Crippen molar-refractivity contribution in [3.63, 3.8) is 0 Å². The van der Waals surface area contributed by atoms with Crippen molar-refractivity contribution in [2.45, 2.75) is 44.1 Å². The van der Waals surface area contributed by atoms with Crippen LogP contribution in [0.15, 0.2) is 30.5 Å². The summed E-state index contributed by atoms with van der Waals surface area (Å²) in [4.78, 5) is 0. The fourth-order valence-corrected chi connectivity index (χ4v) is 6.43. The van der Waals surface area contributed by atoms with Gasteiger partial charge in [0.05, 0.1) is 18.3 Å². The van der Waals surface area contributed by atoms with E-state index < -0.39 is 0 Å². The van der Waals surface area contributed by atoms with E-state index >= 15 is 0 Å². The van der Waals surface area contributed by atoms with Gasteiger partial charge >= 0.3 is 0 Å². The van der Waals surface area contributed by atoms with Gasteiger partial charge in [0.25, 0.3) is 0 Å². The molecule has 2 aromatic rings. The first-order valence-electron chi connectivity index (χ1n) is 10.0. The van der Waals surface area contributed by atoms with Gasteiger partial charge in [0, 0.05) is 17.3 Å². The average Bonchev–Trinajstić information content (AvgIpc) is 3.10. The molecule has 4 aliphatic rings. The third-order valence-electron chi connectivity index (χ3n) is 6.73. The van der Waals surface area contributed by atoms with Crippen molar-refractivity contribution in [3.05, 3.63) is 35.5 Å². The van der Waals surface area contributed by atoms with Gasteiger partial charge in [0.1, 0.15) is 5.75 Å². The Morgan fingerprint density at radius 1 is 1.14 bits per heavy atom. The highest BCUT2D eigenvalue weighted by Crippen LogP contribution is 2.58. The summed E-state index contributed by atoms with van der Waals surface area (Å²) in [6.07, 6.45) is 10.3. The second-order valence-electron chi connectivity index (χ2n) is 8.71. The number of hydrogen-bond acceptors (Lipinski definition) is 3. The molecule has 4 aliphatic carbocycles. The van der Waals surface area contributed by atoms with Crippen LogP contribution >= 0.6 is 23.8 Å². The number of nitrogens with zero attached hydrogens (tertiary/aromatic N) is 2. The minimum Gasteiger partial charge on any atom is -0.495 e. The standard InChI is InChI=1S/C21H25ClN4OS/c1-27-18-3-2-16(22)9-17(18)23-20(28)24-19-4-5-26(25-19)21-10-13-6-14(11-21)8-15(7-13)12-21/h2-5,9,13-15H,6-8,10-12H2,1H3,(H2,23,24,25,28). The molecule has 2 N–H and O–H groups in total. The Balaban J connectivity index is 1.30. The Bertz CT molecular complexity index is 876. The van der Waals surface area contributed by atoms with E-state index in [9.17, 15) is 0 Å². The molecule has 28 heavy (non-hydrogen) atoms. The van der Waals surface area contributed by atoms with E-state index in [2.05, 4.69) is 21.5 Å². The van der Waals surface area contributed by atoms with E-state index in [1.54, 1.807) is 19.2 Å². The zero-order chi connectivity index (χ0) is 19.3. The summed E-state index contributed by atoms with van der Waals surface area (Å²) in [6.45, 7) is 0. The van der Waals surface area contributed by atoms with Crippen LogP contribution in [0.3, 0.4) is 0 Å². The lowest BCUT2D eigenvalue weighted by Gasteiger charge is -2.56. The van der Waals surface area contributed by atoms with E-state index in [0.717, 1.165) is 29.3 Å². The van der Waals surface area contributed by atoms with Crippen LogP contribution in [0.4, 0.5) is 11.5 Å². The molecule has 0 atom stereocenters. The molecule has 5 nitrogen and oxygen atoms in total. The lowest BCUT2D eigenvalue weighted by atomic mass is 9.53. The minimum atomic E-state index is 0.222. The Morgan fingerprint density at radius 3 is 2.46 bits per heavy atom. The van der Waals surface area contributed by atoms with E-state index in [1.807, 2.05) is 12.1 Å². The summed E-state index contributed by atoms with van der Waals surface area (Å²) >= 11 is 11.6. The normalized spacial score (nSPS) is 30.3. The molecule has 1 aromatic heterocycles. The van der Waals surface area contributed by atoms with Crippen LogP contribution in [-0.4, -0.2) is 22.0 Å². The van der Waals surface area contributed by atoms with Gasteiger partial charge in [0.15, 0.2) is 10.9 Å². The maximum absolute atomic E-state index is 6.10. The molecule has 148 valence electrons. The molecule has 0 unspecified atom stereocenters. The van der Waals surface area contributed by atoms with Gasteiger partial charge in [-0.15, -0.1) is 0 Å². The van der Waals surface area contributed by atoms with Crippen LogP contribution in [0, 0.1) is 17.8 Å². The summed E-state index contributed by atoms with van der Waals surface area (Å²) < 4.78 is 7.59. The highest BCUT2D eigenvalue weighted by atomic mass is 35.5. The summed E-state index contributed by atoms with van der Waals surface area (Å²) in [7, 11) is 1.62. The fraction of sp³-hybridized carbons (Fsp3) is 0.524. The molecule has 0 spiro atoms. The first-order valence-corrected chi connectivity index (χ1v) is 10.8. The smallest absolute Gasteiger partial charge is 0.176 e. The average molecular weight is 417 g/mol. The molecule has 0 saturated heterocycles. The number of anilines is 2. The number of methoxy groups -OCH3 is 1. The zero-order valence-electron chi connectivity index (χ0n) is 16.0. The van der Waals surface area contributed by atoms with Gasteiger partial charge in [0.2, 0.25) is 0 Å². The van der Waals surface area contributed by atoms with E-state index in [1.165, 1.54) is 38.5 Å². The number of nitrogens with one attached hydrogen (secondary N) is 2. The second-order valence-corrected chi connectivity index (χ2v) is 9.56. The molecule has 0 amide bonds. The van der Waals surface area contributed by atoms with Gasteiger partial charge in [-0.1, -0.05) is 11.6 Å². The maximum Gasteiger partial charge on any atom is 0.176 e. The molecule has 1 heterocycles. The van der Waals surface area contributed by atoms with E-state index in [0.29, 0.717) is 15.9 Å². The zero-order valence-corrected chi connectivity index (χ0v) is 17.5. The summed E-state index contributed by atoms with van der Waals surface area (Å²) in [5.74, 6) is 4.14. The van der Waals surface area contributed by atoms with Crippen molar-refractivity contribution in [1.82, 2.24) is 9.78 Å². The van der Waals surface area contributed by atoms with Gasteiger partial charge in [-0.05, 0) is 86.7 Å². The molecule has 4 fully saturated rings. The number of aromatic nitrogens is 2. The Kier molecular flexibility index (Phi) is 4.51. The molecule has 1 aromatic carbocycles. The number of ether oxygens (including phenoxy) is 1. The monoisotopic (exact) mass is 416 g/mol. The van der Waals surface area contributed by atoms with Crippen molar-refractivity contribution in [2.75, 3.05) is 17.7 Å². The first kappa shape index (κ1) is 18.3. The van der Waals surface area contributed by atoms with Crippen LogP contribution < -0.4 is 15.4 Å². The molecule has 7 heteroatoms. The predicted octanol–water partition coefficient (Wildman–Crippen LogP) is 5.28. The lowest BCUT2D eigenvalue weighted by Crippen LogP contribution is -2.52. The molecule has 4 saturated carbocycles. The van der Waals surface area contributed by atoms with Gasteiger partial charge in [-0.3, -0.25) is 4.68 Å². The predicted molar refractivity (Wildman–Crippen MR) is 116 cm³/mol. The van der Waals surface area contributed by atoms with Crippen LogP contribution in [-0.2, 0) is 5.54 Å². The lowest BCUT2D eigenvalue weighted by molar-refractivity contribution is -0.0492. The Hall–Kier alpha value is -1.79. The van der Waals surface area contributed by atoms with Crippen LogP contribution in [0.25, 0.3) is 0 Å². The molecular weight excluding hydrogens is 392 g/mol. The van der Waals surface area contributed by atoms with Crippen molar-refractivity contribution in [3.8, 4) is 5.75 Å². The number of thiocarbonyl (C=S) groups is 1. The van der Waals surface area contributed by atoms with E-state index in [-0.39, 0.29) is 5.54 Å². The third-order valence-corrected chi connectivity index (χ3v) is 7.17. The first-order chi connectivity index (χ1) is 13.5. The van der Waals surface area contributed by atoms with Crippen molar-refractivity contribution in [1.29, 1.82) is 0 Å². The summed E-state index contributed by atoms with van der Waals surface area (Å²) in [6, 6.07) is 7.41. The van der Waals surface area contributed by atoms with Crippen molar-refractivity contribution in [2.24, 2.45) is 17.8 Å². The highest BCUT2D eigenvalue weighted by molar-refractivity contribution is 7.80. The van der Waals surface area contributed by atoms with Crippen LogP contribution in [0.2, 0.25) is 5.02 Å². The number of benzene rings is 1. The summed E-state index contributed by atoms with van der Waals surface area (Å²) in [5.41, 5.74) is 0.952. The Labute approximate surface area is 175 Å². The van der Waals surface area contributed by atoms with Gasteiger partial charge in [-0.2, -0.15) is 5.10 Å². The number of rotatable bonds is 4. The number of halogens is 1. The van der Waals surface area contributed by atoms with Crippen molar-refractivity contribution < 1.29 is 4.74 Å². The second kappa shape index (κ2) is 6.92. The van der Waals surface area contributed by atoms with Crippen LogP contribution in [0.1, 0.15) is 38.5 Å². The third kappa shape index (κ3) is 3.26. The summed E-state index contributed by atoms with van der Waals surface area (Å²) in [5, 5.41) is 12.3. The van der Waals surface area contributed by atoms with Gasteiger partial charge in [-0.25, -0.2) is 0 Å². The quantitative estimate of drug-likeness (QED) is 0.664. The van der Waals surface area contributed by atoms with Crippen LogP contribution in [0.5, 0.6) is 5.75 Å². The molecule has 0 aliphatic heterocycles. The SMILES string of the molecule is COc1ccc(Cl)cc1NC(=S)Nc1ccn(C23CC4CC(CC(C4)C2)C3)n1. The van der Waals surface area contributed by atoms with Crippen molar-refractivity contribution >= 4 is 40.4 Å². The molecule has 0 radical (unpaired) electrons. The minimum absolute atomic E-state index is 0.222. The maximum atomic E-state index is 6.10. The molecule has 4 bridgehead atoms. The fourth-order valence-electron chi connectivity index (χ4n) is 6.05.